The van der Waals surface area contributed by atoms with Gasteiger partial charge in [-0.05, 0) is 19.1 Å². The van der Waals surface area contributed by atoms with E-state index in [2.05, 4.69) is 25.7 Å². The first-order valence-corrected chi connectivity index (χ1v) is 5.27. The molecule has 0 atom stereocenters. The summed E-state index contributed by atoms with van der Waals surface area (Å²) in [6.45, 7) is 11.3. The number of rotatable bonds is 6. The molecule has 0 spiro atoms. The fourth-order valence-electron chi connectivity index (χ4n) is 1.17. The van der Waals surface area contributed by atoms with Crippen LogP contribution in [0.25, 0.3) is 5.76 Å². The molecule has 0 aliphatic heterocycles. The van der Waals surface area contributed by atoms with Gasteiger partial charge in [0.2, 0.25) is 0 Å². The fraction of sp³-hybridized carbons (Fsp3) is 0.500. The van der Waals surface area contributed by atoms with E-state index < -0.39 is 0 Å². The highest BCUT2D eigenvalue weighted by molar-refractivity contribution is 5.51. The van der Waals surface area contributed by atoms with Crippen molar-refractivity contribution in [3.63, 3.8) is 0 Å². The van der Waals surface area contributed by atoms with Gasteiger partial charge >= 0.3 is 0 Å². The average Bonchev–Trinajstić information content (AvgIpc) is 2.63. The van der Waals surface area contributed by atoms with Gasteiger partial charge in [-0.2, -0.15) is 0 Å². The maximum atomic E-state index is 5.56. The third-order valence-electron chi connectivity index (χ3n) is 1.94. The van der Waals surface area contributed by atoms with Crippen molar-refractivity contribution in [2.45, 2.75) is 33.4 Å². The molecule has 0 unspecified atom stereocenters. The number of nitrogens with one attached hydrogen (secondary N) is 1. The molecular weight excluding hydrogens is 190 g/mol. The first-order valence-electron chi connectivity index (χ1n) is 5.27. The lowest BCUT2D eigenvalue weighted by Gasteiger charge is -2.05. The zero-order valence-corrected chi connectivity index (χ0v) is 9.67. The van der Waals surface area contributed by atoms with E-state index in [4.69, 9.17) is 9.15 Å². The lowest BCUT2D eigenvalue weighted by Crippen LogP contribution is -2.21. The Balaban J connectivity index is 2.52. The minimum Gasteiger partial charge on any atom is -0.491 e. The van der Waals surface area contributed by atoms with Crippen LogP contribution >= 0.6 is 0 Å². The van der Waals surface area contributed by atoms with Crippen LogP contribution in [0.1, 0.15) is 32.3 Å². The molecular formula is C12H19NO2. The summed E-state index contributed by atoms with van der Waals surface area (Å²) in [7, 11) is 0. The molecule has 0 bridgehead atoms. The molecule has 1 aromatic rings. The van der Waals surface area contributed by atoms with Crippen LogP contribution in [0.15, 0.2) is 23.1 Å². The SMILES string of the molecule is C=C(OCC)c1ccc(CNC(C)C)o1. The van der Waals surface area contributed by atoms with Gasteiger partial charge in [-0.15, -0.1) is 0 Å². The predicted molar refractivity (Wildman–Crippen MR) is 61.3 cm³/mol. The molecule has 3 heteroatoms. The molecule has 1 N–H and O–H groups in total. The van der Waals surface area contributed by atoms with Crippen molar-refractivity contribution in [3.05, 3.63) is 30.2 Å². The zero-order valence-electron chi connectivity index (χ0n) is 9.67. The van der Waals surface area contributed by atoms with Crippen LogP contribution in [0.2, 0.25) is 0 Å². The second kappa shape index (κ2) is 5.61. The lowest BCUT2D eigenvalue weighted by molar-refractivity contribution is 0.286. The van der Waals surface area contributed by atoms with Gasteiger partial charge in [0.25, 0.3) is 0 Å². The third kappa shape index (κ3) is 3.80. The molecule has 0 aliphatic rings. The summed E-state index contributed by atoms with van der Waals surface area (Å²) in [4.78, 5) is 0. The smallest absolute Gasteiger partial charge is 0.168 e. The van der Waals surface area contributed by atoms with Gasteiger partial charge in [0.1, 0.15) is 5.76 Å². The summed E-state index contributed by atoms with van der Waals surface area (Å²) >= 11 is 0. The molecule has 1 rings (SSSR count). The Morgan fingerprint density at radius 1 is 1.53 bits per heavy atom. The highest BCUT2D eigenvalue weighted by atomic mass is 16.5. The molecule has 0 radical (unpaired) electrons. The highest BCUT2D eigenvalue weighted by Gasteiger charge is 2.06. The van der Waals surface area contributed by atoms with Crippen molar-refractivity contribution in [1.29, 1.82) is 0 Å². The number of hydrogen-bond donors (Lipinski definition) is 1. The maximum absolute atomic E-state index is 5.56. The van der Waals surface area contributed by atoms with Gasteiger partial charge in [-0.3, -0.25) is 0 Å². The van der Waals surface area contributed by atoms with Crippen LogP contribution in [-0.4, -0.2) is 12.6 Å². The topological polar surface area (TPSA) is 34.4 Å². The molecule has 84 valence electrons. The second-order valence-corrected chi connectivity index (χ2v) is 3.66. The van der Waals surface area contributed by atoms with Gasteiger partial charge < -0.3 is 14.5 Å². The van der Waals surface area contributed by atoms with E-state index in [-0.39, 0.29) is 0 Å². The lowest BCUT2D eigenvalue weighted by atomic mass is 10.3. The second-order valence-electron chi connectivity index (χ2n) is 3.66. The number of furan rings is 1. The van der Waals surface area contributed by atoms with Crippen molar-refractivity contribution in [2.24, 2.45) is 0 Å². The van der Waals surface area contributed by atoms with Crippen molar-refractivity contribution in [1.82, 2.24) is 5.32 Å². The minimum atomic E-state index is 0.452. The monoisotopic (exact) mass is 209 g/mol. The Morgan fingerprint density at radius 2 is 2.27 bits per heavy atom. The fourth-order valence-corrected chi connectivity index (χ4v) is 1.17. The summed E-state index contributed by atoms with van der Waals surface area (Å²) in [6, 6.07) is 4.28. The van der Waals surface area contributed by atoms with E-state index in [1.54, 1.807) is 0 Å². The Labute approximate surface area is 91.1 Å². The highest BCUT2D eigenvalue weighted by Crippen LogP contribution is 2.17. The third-order valence-corrected chi connectivity index (χ3v) is 1.94. The molecule has 0 fully saturated rings. The van der Waals surface area contributed by atoms with Gasteiger partial charge in [0, 0.05) is 6.04 Å². The first-order chi connectivity index (χ1) is 7.13. The quantitative estimate of drug-likeness (QED) is 0.731. The van der Waals surface area contributed by atoms with Gasteiger partial charge in [0.05, 0.1) is 13.2 Å². The van der Waals surface area contributed by atoms with Crippen LogP contribution in [-0.2, 0) is 11.3 Å². The number of hydrogen-bond acceptors (Lipinski definition) is 3. The van der Waals surface area contributed by atoms with Gasteiger partial charge in [-0.25, -0.2) is 0 Å². The average molecular weight is 209 g/mol. The van der Waals surface area contributed by atoms with Crippen molar-refractivity contribution in [2.75, 3.05) is 6.61 Å². The Morgan fingerprint density at radius 3 is 2.87 bits per heavy atom. The summed E-state index contributed by atoms with van der Waals surface area (Å²) in [5.41, 5.74) is 0. The molecule has 0 saturated carbocycles. The largest absolute Gasteiger partial charge is 0.491 e. The van der Waals surface area contributed by atoms with Crippen molar-refractivity contribution >= 4 is 5.76 Å². The molecule has 0 aromatic carbocycles. The van der Waals surface area contributed by atoms with Crippen molar-refractivity contribution in [3.8, 4) is 0 Å². The van der Waals surface area contributed by atoms with Crippen LogP contribution in [0.4, 0.5) is 0 Å². The Hall–Kier alpha value is -1.22. The molecule has 0 aliphatic carbocycles. The Bertz CT molecular complexity index is 315. The van der Waals surface area contributed by atoms with Crippen molar-refractivity contribution < 1.29 is 9.15 Å². The standard InChI is InChI=1S/C12H19NO2/c1-5-14-10(4)12-7-6-11(15-12)8-13-9(2)3/h6-7,9,13H,4-5,8H2,1-3H3. The van der Waals surface area contributed by atoms with E-state index in [1.807, 2.05) is 19.1 Å². The zero-order chi connectivity index (χ0) is 11.3. The molecule has 15 heavy (non-hydrogen) atoms. The summed E-state index contributed by atoms with van der Waals surface area (Å²) in [5, 5.41) is 3.28. The van der Waals surface area contributed by atoms with Crippen LogP contribution in [0.3, 0.4) is 0 Å². The minimum absolute atomic E-state index is 0.452. The molecule has 1 aromatic heterocycles. The van der Waals surface area contributed by atoms with Crippen LogP contribution in [0.5, 0.6) is 0 Å². The molecule has 0 amide bonds. The van der Waals surface area contributed by atoms with E-state index in [9.17, 15) is 0 Å². The molecule has 1 heterocycles. The van der Waals surface area contributed by atoms with Gasteiger partial charge in [0.15, 0.2) is 11.5 Å². The summed E-state index contributed by atoms with van der Waals surface area (Å²) in [6.07, 6.45) is 0. The van der Waals surface area contributed by atoms with Gasteiger partial charge in [-0.1, -0.05) is 20.4 Å². The molecule has 0 saturated heterocycles. The first kappa shape index (κ1) is 11.9. The van der Waals surface area contributed by atoms with Crippen LogP contribution < -0.4 is 5.32 Å². The predicted octanol–water partition coefficient (Wildman–Crippen LogP) is 2.78. The maximum Gasteiger partial charge on any atom is 0.168 e. The number of ether oxygens (including phenoxy) is 1. The molecule has 3 nitrogen and oxygen atoms in total. The van der Waals surface area contributed by atoms with E-state index in [1.165, 1.54) is 0 Å². The van der Waals surface area contributed by atoms with E-state index in [0.29, 0.717) is 24.2 Å². The Kier molecular flexibility index (Phi) is 4.43. The summed E-state index contributed by atoms with van der Waals surface area (Å²) in [5.74, 6) is 2.20. The summed E-state index contributed by atoms with van der Waals surface area (Å²) < 4.78 is 10.8. The van der Waals surface area contributed by atoms with E-state index >= 15 is 0 Å². The normalized spacial score (nSPS) is 10.7. The van der Waals surface area contributed by atoms with Crippen LogP contribution in [0, 0.1) is 0 Å². The van der Waals surface area contributed by atoms with E-state index in [0.717, 1.165) is 12.3 Å².